The van der Waals surface area contributed by atoms with Crippen LogP contribution in [0.1, 0.15) is 69.7 Å². The highest BCUT2D eigenvalue weighted by Crippen LogP contribution is 2.45. The number of nitrogens with zero attached hydrogens (tertiary/aromatic N) is 1. The second-order valence-electron chi connectivity index (χ2n) is 9.57. The van der Waals surface area contributed by atoms with Gasteiger partial charge in [-0.1, -0.05) is 33.1 Å². The summed E-state index contributed by atoms with van der Waals surface area (Å²) in [5.74, 6) is -2.85. The molecule has 1 heterocycles. The van der Waals surface area contributed by atoms with Crippen molar-refractivity contribution < 1.29 is 41.6 Å². The molecule has 1 atom stereocenters. The molecule has 0 unspecified atom stereocenters. The average Bonchev–Trinajstić information content (AvgIpc) is 2.85. The van der Waals surface area contributed by atoms with Gasteiger partial charge in [-0.15, -0.1) is 0 Å². The van der Waals surface area contributed by atoms with Gasteiger partial charge in [-0.05, 0) is 37.3 Å². The fourth-order valence-electron chi connectivity index (χ4n) is 4.25. The second kappa shape index (κ2) is 13.1. The Labute approximate surface area is 212 Å². The molecule has 0 bridgehead atoms. The number of esters is 2. The van der Waals surface area contributed by atoms with Crippen LogP contribution in [-0.2, 0) is 33.4 Å². The van der Waals surface area contributed by atoms with Gasteiger partial charge in [-0.3, -0.25) is 14.0 Å². The Balaban J connectivity index is 2.07. The van der Waals surface area contributed by atoms with Crippen molar-refractivity contribution in [3.8, 4) is 0 Å². The Morgan fingerprint density at radius 3 is 2.47 bits per heavy atom. The zero-order valence-electron chi connectivity index (χ0n) is 21.0. The van der Waals surface area contributed by atoms with E-state index in [-0.39, 0.29) is 30.2 Å². The molecule has 0 saturated heterocycles. The molecular formula is C24H36N2O9S. The van der Waals surface area contributed by atoms with Gasteiger partial charge in [0.15, 0.2) is 5.60 Å². The Morgan fingerprint density at radius 1 is 1.17 bits per heavy atom. The van der Waals surface area contributed by atoms with Crippen molar-refractivity contribution in [2.75, 3.05) is 25.7 Å². The molecular weight excluding hydrogens is 492 g/mol. The third-order valence-corrected chi connectivity index (χ3v) is 7.63. The van der Waals surface area contributed by atoms with Gasteiger partial charge in [0.2, 0.25) is 12.7 Å². The lowest BCUT2D eigenvalue weighted by Gasteiger charge is -2.46. The Kier molecular flexibility index (Phi) is 10.8. The molecule has 1 fully saturated rings. The lowest BCUT2D eigenvalue weighted by molar-refractivity contribution is -0.203. The molecule has 1 amide bonds. The third kappa shape index (κ3) is 8.24. The fraction of sp³-hybridized carbons (Fsp3) is 0.667. The molecule has 0 aromatic carbocycles. The van der Waals surface area contributed by atoms with Gasteiger partial charge in [0, 0.05) is 31.3 Å². The number of carbonyl (C=O) groups is 3. The van der Waals surface area contributed by atoms with Crippen molar-refractivity contribution in [1.29, 1.82) is 0 Å². The van der Waals surface area contributed by atoms with E-state index in [1.54, 1.807) is 6.07 Å². The predicted molar refractivity (Wildman–Crippen MR) is 129 cm³/mol. The van der Waals surface area contributed by atoms with Gasteiger partial charge in [0.25, 0.3) is 10.1 Å². The van der Waals surface area contributed by atoms with E-state index in [9.17, 15) is 27.9 Å². The van der Waals surface area contributed by atoms with Crippen LogP contribution in [0, 0.1) is 11.3 Å². The van der Waals surface area contributed by atoms with Crippen molar-refractivity contribution in [3.05, 3.63) is 30.1 Å². The van der Waals surface area contributed by atoms with Crippen LogP contribution in [0.15, 0.2) is 24.5 Å². The topological polar surface area (TPSA) is 158 Å². The summed E-state index contributed by atoms with van der Waals surface area (Å²) < 4.78 is 40.1. The number of pyridine rings is 1. The monoisotopic (exact) mass is 528 g/mol. The quantitative estimate of drug-likeness (QED) is 0.168. The Bertz CT molecular complexity index is 992. The van der Waals surface area contributed by atoms with Crippen LogP contribution >= 0.6 is 0 Å². The van der Waals surface area contributed by atoms with Crippen LogP contribution < -0.4 is 5.32 Å². The van der Waals surface area contributed by atoms with E-state index in [0.29, 0.717) is 12.8 Å². The molecule has 1 aromatic heterocycles. The Hall–Kier alpha value is -2.57. The van der Waals surface area contributed by atoms with Crippen LogP contribution in [0.3, 0.4) is 0 Å². The van der Waals surface area contributed by atoms with Crippen LogP contribution in [0.4, 0.5) is 0 Å². The van der Waals surface area contributed by atoms with Gasteiger partial charge in [-0.25, -0.2) is 9.59 Å². The number of aromatic nitrogens is 1. The molecule has 2 N–H and O–H groups in total. The summed E-state index contributed by atoms with van der Waals surface area (Å²) in [7, 11) is -3.98. The molecule has 11 nitrogen and oxygen atoms in total. The molecule has 0 aliphatic heterocycles. The van der Waals surface area contributed by atoms with Gasteiger partial charge >= 0.3 is 11.9 Å². The number of aliphatic hydroxyl groups is 1. The fourth-order valence-corrected chi connectivity index (χ4v) is 5.34. The lowest BCUT2D eigenvalue weighted by atomic mass is 9.64. The summed E-state index contributed by atoms with van der Waals surface area (Å²) in [4.78, 5) is 40.1. The Morgan fingerprint density at radius 2 is 1.86 bits per heavy atom. The molecule has 1 aliphatic carbocycles. The molecule has 0 radical (unpaired) electrons. The minimum Gasteiger partial charge on any atom is -0.426 e. The van der Waals surface area contributed by atoms with Crippen molar-refractivity contribution in [3.63, 3.8) is 0 Å². The average molecular weight is 529 g/mol. The van der Waals surface area contributed by atoms with Crippen molar-refractivity contribution in [2.45, 2.75) is 64.9 Å². The van der Waals surface area contributed by atoms with Crippen molar-refractivity contribution in [1.82, 2.24) is 10.3 Å². The summed E-state index contributed by atoms with van der Waals surface area (Å²) in [6.45, 7) is 3.40. The predicted octanol–water partition coefficient (Wildman–Crippen LogP) is 1.95. The summed E-state index contributed by atoms with van der Waals surface area (Å²) in [6.07, 6.45) is 6.61. The number of hydrogen-bond acceptors (Lipinski definition) is 10. The highest BCUT2D eigenvalue weighted by molar-refractivity contribution is 7.86. The van der Waals surface area contributed by atoms with E-state index >= 15 is 0 Å². The van der Waals surface area contributed by atoms with Crippen molar-refractivity contribution in [2.24, 2.45) is 11.3 Å². The molecule has 202 valence electrons. The van der Waals surface area contributed by atoms with Crippen LogP contribution in [0.25, 0.3) is 0 Å². The highest BCUT2D eigenvalue weighted by Gasteiger charge is 2.56. The maximum Gasteiger partial charge on any atom is 0.342 e. The zero-order valence-corrected chi connectivity index (χ0v) is 21.8. The van der Waals surface area contributed by atoms with E-state index in [0.717, 1.165) is 19.3 Å². The standard InChI is InChI=1S/C24H36N2O9S/c1-18(27)26-13-8-14-36(31,32)35-16-23(2,3)24(30,20-10-5-4-6-11-20)22(29)34-17-33-21(28)19-9-7-12-25-15-19/h7,9,12,15,20,30H,4-6,8,10-11,13-14,16-17H2,1-3H3,(H,26,27)/t24-/m0/s1. The third-order valence-electron chi connectivity index (χ3n) is 6.36. The van der Waals surface area contributed by atoms with E-state index in [1.165, 1.54) is 39.2 Å². The highest BCUT2D eigenvalue weighted by atomic mass is 32.2. The molecule has 12 heteroatoms. The largest absolute Gasteiger partial charge is 0.426 e. The number of carbonyl (C=O) groups excluding carboxylic acids is 3. The van der Waals surface area contributed by atoms with Crippen molar-refractivity contribution >= 4 is 28.0 Å². The number of nitrogens with one attached hydrogen (secondary N) is 1. The van der Waals surface area contributed by atoms with Gasteiger partial charge in [0.05, 0.1) is 17.9 Å². The number of ether oxygens (including phenoxy) is 2. The van der Waals surface area contributed by atoms with E-state index in [1.807, 2.05) is 0 Å². The minimum atomic E-state index is -3.98. The maximum absolute atomic E-state index is 13.2. The summed E-state index contributed by atoms with van der Waals surface area (Å²) in [5, 5.41) is 14.3. The molecule has 2 rings (SSSR count). The molecule has 0 spiro atoms. The number of amides is 1. The summed E-state index contributed by atoms with van der Waals surface area (Å²) in [6, 6.07) is 3.05. The van der Waals surface area contributed by atoms with Gasteiger partial charge in [-0.2, -0.15) is 8.42 Å². The zero-order chi connectivity index (χ0) is 26.8. The van der Waals surface area contributed by atoms with E-state index in [2.05, 4.69) is 10.3 Å². The van der Waals surface area contributed by atoms with E-state index < -0.39 is 52.4 Å². The summed E-state index contributed by atoms with van der Waals surface area (Å²) in [5.41, 5.74) is -3.27. The van der Waals surface area contributed by atoms with Crippen LogP contribution in [0.5, 0.6) is 0 Å². The summed E-state index contributed by atoms with van der Waals surface area (Å²) >= 11 is 0. The normalized spacial score (nSPS) is 16.6. The first-order valence-corrected chi connectivity index (χ1v) is 13.5. The minimum absolute atomic E-state index is 0.152. The van der Waals surface area contributed by atoms with Crippen LogP contribution in [0.2, 0.25) is 0 Å². The first kappa shape index (κ1) is 29.7. The molecule has 1 saturated carbocycles. The SMILES string of the molecule is CC(=O)NCCCS(=O)(=O)OCC(C)(C)[C@@](O)(C(=O)OCOC(=O)c1cccnc1)C1CCCCC1. The molecule has 1 aliphatic rings. The first-order valence-electron chi connectivity index (χ1n) is 12.0. The van der Waals surface area contributed by atoms with Crippen LogP contribution in [-0.4, -0.2) is 67.7 Å². The second-order valence-corrected chi connectivity index (χ2v) is 11.3. The maximum atomic E-state index is 13.2. The lowest BCUT2D eigenvalue weighted by Crippen LogP contribution is -2.59. The first-order chi connectivity index (χ1) is 16.9. The number of rotatable bonds is 13. The van der Waals surface area contributed by atoms with E-state index in [4.69, 9.17) is 13.7 Å². The molecule has 1 aromatic rings. The van der Waals surface area contributed by atoms with Gasteiger partial charge in [0.1, 0.15) is 0 Å². The number of hydrogen-bond donors (Lipinski definition) is 2. The van der Waals surface area contributed by atoms with Gasteiger partial charge < -0.3 is 19.9 Å². The smallest absolute Gasteiger partial charge is 0.342 e. The molecule has 36 heavy (non-hydrogen) atoms.